The summed E-state index contributed by atoms with van der Waals surface area (Å²) in [7, 11) is 0. The summed E-state index contributed by atoms with van der Waals surface area (Å²) in [6.07, 6.45) is 4.29. The summed E-state index contributed by atoms with van der Waals surface area (Å²) in [6, 6.07) is 13.8. The predicted octanol–water partition coefficient (Wildman–Crippen LogP) is 2.84. The number of carbonyl (C=O) groups is 2. The van der Waals surface area contributed by atoms with E-state index >= 15 is 0 Å². The minimum atomic E-state index is -0.285. The topological polar surface area (TPSA) is 80.1 Å². The number of fused-ring (bicyclic) bond motifs is 2. The van der Waals surface area contributed by atoms with Gasteiger partial charge in [-0.05, 0) is 55.5 Å². The van der Waals surface area contributed by atoms with Crippen molar-refractivity contribution in [3.05, 3.63) is 59.9 Å². The molecule has 2 aliphatic rings. The molecule has 8 heteroatoms. The van der Waals surface area contributed by atoms with Gasteiger partial charge in [-0.3, -0.25) is 9.59 Å². The zero-order valence-electron chi connectivity index (χ0n) is 17.8. The van der Waals surface area contributed by atoms with Gasteiger partial charge in [-0.1, -0.05) is 35.9 Å². The molecule has 3 heterocycles. The first-order valence-corrected chi connectivity index (χ1v) is 11.2. The van der Waals surface area contributed by atoms with E-state index in [1.807, 2.05) is 35.2 Å². The van der Waals surface area contributed by atoms with Crippen molar-refractivity contribution in [1.82, 2.24) is 25.2 Å². The van der Waals surface area contributed by atoms with Crippen LogP contribution in [0, 0.1) is 5.82 Å². The van der Waals surface area contributed by atoms with E-state index in [2.05, 4.69) is 15.6 Å². The van der Waals surface area contributed by atoms with E-state index in [1.165, 1.54) is 12.1 Å². The molecule has 3 aromatic rings. The van der Waals surface area contributed by atoms with Gasteiger partial charge in [-0.25, -0.2) is 9.07 Å². The summed E-state index contributed by atoms with van der Waals surface area (Å²) in [6.45, 7) is 0.0807. The van der Waals surface area contributed by atoms with Gasteiger partial charge in [0.1, 0.15) is 17.9 Å². The van der Waals surface area contributed by atoms with Crippen LogP contribution >= 0.6 is 0 Å². The number of hydrogen-bond donors (Lipinski definition) is 1. The molecule has 1 aromatic heterocycles. The minimum Gasteiger partial charge on any atom is -0.351 e. The Hall–Kier alpha value is -3.29. The number of carbonyl (C=O) groups excluding carboxylic acids is 2. The molecule has 2 fully saturated rings. The fraction of sp³-hybridized carbons (Fsp3) is 0.417. The first-order valence-electron chi connectivity index (χ1n) is 11.2. The van der Waals surface area contributed by atoms with Crippen LogP contribution in [0.5, 0.6) is 0 Å². The number of amides is 2. The van der Waals surface area contributed by atoms with Crippen LogP contribution in [0.3, 0.4) is 0 Å². The van der Waals surface area contributed by atoms with E-state index in [0.717, 1.165) is 35.9 Å². The Balaban J connectivity index is 1.44. The van der Waals surface area contributed by atoms with E-state index in [9.17, 15) is 14.0 Å². The van der Waals surface area contributed by atoms with Crippen molar-refractivity contribution in [2.75, 3.05) is 0 Å². The summed E-state index contributed by atoms with van der Waals surface area (Å²) in [5.74, 6) is -0.295. The maximum absolute atomic E-state index is 13.8. The normalized spacial score (nSPS) is 23.5. The van der Waals surface area contributed by atoms with Crippen molar-refractivity contribution in [2.24, 2.45) is 0 Å². The largest absolute Gasteiger partial charge is 0.351 e. The molecule has 0 unspecified atom stereocenters. The highest BCUT2D eigenvalue weighted by atomic mass is 19.1. The molecule has 5 rings (SSSR count). The molecule has 3 atom stereocenters. The zero-order chi connectivity index (χ0) is 22.1. The third-order valence-electron chi connectivity index (χ3n) is 6.59. The molecule has 0 bridgehead atoms. The molecule has 0 radical (unpaired) electrons. The Kier molecular flexibility index (Phi) is 5.59. The maximum atomic E-state index is 13.8. The van der Waals surface area contributed by atoms with Crippen LogP contribution < -0.4 is 5.32 Å². The van der Waals surface area contributed by atoms with Crippen molar-refractivity contribution in [1.29, 1.82) is 0 Å². The van der Waals surface area contributed by atoms with E-state index in [-0.39, 0.29) is 42.3 Å². The number of benzene rings is 2. The van der Waals surface area contributed by atoms with Crippen LogP contribution in [-0.2, 0) is 22.6 Å². The van der Waals surface area contributed by atoms with Crippen molar-refractivity contribution in [3.63, 3.8) is 0 Å². The third-order valence-corrected chi connectivity index (χ3v) is 6.59. The molecular weight excluding hydrogens is 409 g/mol. The van der Waals surface area contributed by atoms with Crippen LogP contribution in [0.2, 0.25) is 0 Å². The Morgan fingerprint density at radius 3 is 2.91 bits per heavy atom. The molecule has 1 N–H and O–H groups in total. The van der Waals surface area contributed by atoms with Crippen molar-refractivity contribution in [2.45, 2.75) is 63.2 Å². The molecule has 166 valence electrons. The average molecular weight is 436 g/mol. The van der Waals surface area contributed by atoms with Gasteiger partial charge in [-0.15, -0.1) is 5.10 Å². The summed E-state index contributed by atoms with van der Waals surface area (Å²) < 4.78 is 15.4. The smallest absolute Gasteiger partial charge is 0.244 e. The molecule has 32 heavy (non-hydrogen) atoms. The number of para-hydroxylation sites is 1. The van der Waals surface area contributed by atoms with Gasteiger partial charge in [-0.2, -0.15) is 0 Å². The highest BCUT2D eigenvalue weighted by Crippen LogP contribution is 2.32. The Labute approximate surface area is 185 Å². The standard InChI is InChI=1S/C24H26FN5O2/c25-17-7-5-6-16(12-17)13-18-14-20-22(10-3-4-11-23(31)26-20)30(18)24(32)15-29-21-9-2-1-8-19(21)27-28-29/h1-2,5-9,12,18,20,22H,3-4,10-11,13-15H2,(H,26,31)/t18-,20+,22-/m1/s1. The first kappa shape index (κ1) is 20.6. The van der Waals surface area contributed by atoms with Crippen molar-refractivity contribution in [3.8, 4) is 0 Å². The second-order valence-electron chi connectivity index (χ2n) is 8.75. The van der Waals surface area contributed by atoms with Crippen LogP contribution in [-0.4, -0.2) is 49.8 Å². The molecule has 0 spiro atoms. The number of rotatable bonds is 4. The lowest BCUT2D eigenvalue weighted by Gasteiger charge is -2.33. The average Bonchev–Trinajstić information content (AvgIpc) is 3.31. The highest BCUT2D eigenvalue weighted by Gasteiger charge is 2.44. The number of nitrogens with zero attached hydrogens (tertiary/aromatic N) is 4. The summed E-state index contributed by atoms with van der Waals surface area (Å²) in [4.78, 5) is 27.8. The first-order chi connectivity index (χ1) is 15.6. The Morgan fingerprint density at radius 2 is 2.03 bits per heavy atom. The summed E-state index contributed by atoms with van der Waals surface area (Å²) >= 11 is 0. The predicted molar refractivity (Wildman–Crippen MR) is 117 cm³/mol. The second-order valence-corrected chi connectivity index (χ2v) is 8.75. The van der Waals surface area contributed by atoms with Crippen LogP contribution in [0.25, 0.3) is 11.0 Å². The second kappa shape index (κ2) is 8.68. The lowest BCUT2D eigenvalue weighted by molar-refractivity contribution is -0.136. The van der Waals surface area contributed by atoms with Crippen molar-refractivity contribution >= 4 is 22.8 Å². The Morgan fingerprint density at radius 1 is 1.16 bits per heavy atom. The fourth-order valence-corrected chi connectivity index (χ4v) is 5.19. The van der Waals surface area contributed by atoms with Gasteiger partial charge < -0.3 is 10.2 Å². The van der Waals surface area contributed by atoms with Gasteiger partial charge in [0.05, 0.1) is 17.6 Å². The van der Waals surface area contributed by atoms with Crippen molar-refractivity contribution < 1.29 is 14.0 Å². The summed E-state index contributed by atoms with van der Waals surface area (Å²) in [5, 5.41) is 11.5. The zero-order valence-corrected chi connectivity index (χ0v) is 17.8. The number of halogens is 1. The monoisotopic (exact) mass is 435 g/mol. The lowest BCUT2D eigenvalue weighted by Crippen LogP contribution is -2.49. The molecule has 2 aliphatic heterocycles. The van der Waals surface area contributed by atoms with Crippen LogP contribution in [0.15, 0.2) is 48.5 Å². The quantitative estimate of drug-likeness (QED) is 0.684. The van der Waals surface area contributed by atoms with Crippen LogP contribution in [0.4, 0.5) is 4.39 Å². The van der Waals surface area contributed by atoms with Gasteiger partial charge in [0.2, 0.25) is 11.8 Å². The fourth-order valence-electron chi connectivity index (χ4n) is 5.19. The Bertz CT molecular complexity index is 1150. The van der Waals surface area contributed by atoms with Gasteiger partial charge in [0.25, 0.3) is 0 Å². The number of nitrogens with one attached hydrogen (secondary N) is 1. The van der Waals surface area contributed by atoms with E-state index < -0.39 is 0 Å². The molecule has 0 aliphatic carbocycles. The highest BCUT2D eigenvalue weighted by molar-refractivity contribution is 5.81. The number of likely N-dealkylation sites (tertiary alicyclic amines) is 1. The molecule has 2 amide bonds. The molecule has 0 saturated carbocycles. The van der Waals surface area contributed by atoms with Crippen LogP contribution in [0.1, 0.15) is 37.7 Å². The van der Waals surface area contributed by atoms with E-state index in [1.54, 1.807) is 10.7 Å². The van der Waals surface area contributed by atoms with Gasteiger partial charge in [0, 0.05) is 12.5 Å². The SMILES string of the molecule is O=C1CCCC[C@@H]2[C@H](C[C@@H](Cc3cccc(F)c3)N2C(=O)Cn2nnc3ccccc32)N1. The molecule has 7 nitrogen and oxygen atoms in total. The number of hydrogen-bond acceptors (Lipinski definition) is 4. The lowest BCUT2D eigenvalue weighted by atomic mass is 9.97. The maximum Gasteiger partial charge on any atom is 0.244 e. The molecule has 2 aromatic carbocycles. The summed E-state index contributed by atoms with van der Waals surface area (Å²) in [5.41, 5.74) is 2.40. The van der Waals surface area contributed by atoms with E-state index in [4.69, 9.17) is 0 Å². The molecular formula is C24H26FN5O2. The third kappa shape index (κ3) is 4.09. The number of aromatic nitrogens is 3. The molecule has 2 saturated heterocycles. The van der Waals surface area contributed by atoms with E-state index in [0.29, 0.717) is 19.3 Å². The van der Waals surface area contributed by atoms with Gasteiger partial charge in [0.15, 0.2) is 0 Å². The van der Waals surface area contributed by atoms with Gasteiger partial charge >= 0.3 is 0 Å². The minimum absolute atomic E-state index is 0.0424.